The van der Waals surface area contributed by atoms with Gasteiger partial charge in [0.05, 0.1) is 5.69 Å². The van der Waals surface area contributed by atoms with Crippen LogP contribution in [0.15, 0.2) is 42.5 Å². The van der Waals surface area contributed by atoms with Crippen molar-refractivity contribution in [1.82, 2.24) is 4.98 Å². The van der Waals surface area contributed by atoms with Gasteiger partial charge in [-0.25, -0.2) is 4.98 Å². The maximum absolute atomic E-state index is 12.7. The van der Waals surface area contributed by atoms with Gasteiger partial charge in [0.1, 0.15) is 9.71 Å². The van der Waals surface area contributed by atoms with Gasteiger partial charge in [-0.3, -0.25) is 9.59 Å². The van der Waals surface area contributed by atoms with Crippen molar-refractivity contribution < 1.29 is 9.59 Å². The van der Waals surface area contributed by atoms with Crippen molar-refractivity contribution >= 4 is 38.9 Å². The molecule has 3 aromatic rings. The number of hydrogen-bond donors (Lipinski definition) is 1. The minimum absolute atomic E-state index is 0.106. The van der Waals surface area contributed by atoms with E-state index >= 15 is 0 Å². The molecule has 0 fully saturated rings. The minimum atomic E-state index is -0.206. The predicted octanol–water partition coefficient (Wildman–Crippen LogP) is 3.79. The molecule has 0 saturated heterocycles. The molecule has 5 heteroatoms. The Labute approximate surface area is 131 Å². The van der Waals surface area contributed by atoms with Crippen molar-refractivity contribution in [3.63, 3.8) is 0 Å². The Balaban J connectivity index is 2.19. The highest BCUT2D eigenvalue weighted by atomic mass is 32.1. The number of hydrogen-bond acceptors (Lipinski definition) is 4. The Morgan fingerprint density at radius 1 is 1.09 bits per heavy atom. The van der Waals surface area contributed by atoms with E-state index < -0.39 is 0 Å². The molecule has 0 aliphatic carbocycles. The second-order valence-corrected chi connectivity index (χ2v) is 5.99. The molecule has 110 valence electrons. The summed E-state index contributed by atoms with van der Waals surface area (Å²) in [4.78, 5) is 29.9. The molecule has 3 rings (SSSR count). The number of carbonyl (C=O) groups excluding carboxylic acids is 2. The summed E-state index contributed by atoms with van der Waals surface area (Å²) in [6, 6.07) is 12.8. The normalized spacial score (nSPS) is 10.6. The van der Waals surface area contributed by atoms with Gasteiger partial charge in [-0.2, -0.15) is 0 Å². The van der Waals surface area contributed by atoms with Gasteiger partial charge in [0.25, 0.3) is 0 Å². The number of aromatic nitrogens is 1. The maximum atomic E-state index is 12.7. The second kappa shape index (κ2) is 5.69. The lowest BCUT2D eigenvalue weighted by Crippen LogP contribution is -2.09. The van der Waals surface area contributed by atoms with Gasteiger partial charge < -0.3 is 5.32 Å². The summed E-state index contributed by atoms with van der Waals surface area (Å²) < 4.78 is 0. The smallest absolute Gasteiger partial charge is 0.221 e. The molecule has 0 aliphatic rings. The van der Waals surface area contributed by atoms with Gasteiger partial charge in [0.2, 0.25) is 11.7 Å². The molecule has 22 heavy (non-hydrogen) atoms. The maximum Gasteiger partial charge on any atom is 0.221 e. The Morgan fingerprint density at radius 2 is 1.82 bits per heavy atom. The van der Waals surface area contributed by atoms with Crippen LogP contribution >= 0.6 is 11.3 Å². The number of rotatable bonds is 3. The molecular weight excluding hydrogens is 296 g/mol. The largest absolute Gasteiger partial charge is 0.324 e. The number of nitrogens with zero attached hydrogens (tertiary/aromatic N) is 1. The van der Waals surface area contributed by atoms with E-state index in [-0.39, 0.29) is 11.7 Å². The van der Waals surface area contributed by atoms with Gasteiger partial charge in [0.15, 0.2) is 0 Å². The van der Waals surface area contributed by atoms with Crippen molar-refractivity contribution in [2.75, 3.05) is 5.32 Å². The zero-order valence-electron chi connectivity index (χ0n) is 12.2. The van der Waals surface area contributed by atoms with Crippen LogP contribution in [-0.2, 0) is 4.79 Å². The van der Waals surface area contributed by atoms with E-state index in [4.69, 9.17) is 0 Å². The molecule has 0 spiro atoms. The first-order valence-electron chi connectivity index (χ1n) is 6.84. The van der Waals surface area contributed by atoms with E-state index in [1.165, 1.54) is 18.3 Å². The SMILES string of the molecule is CC(=O)Nc1c(C(=O)c2ccccc2)sc2nc(C)ccc12. The summed E-state index contributed by atoms with van der Waals surface area (Å²) in [5.74, 6) is -0.313. The van der Waals surface area contributed by atoms with Crippen LogP contribution in [0.1, 0.15) is 27.9 Å². The van der Waals surface area contributed by atoms with Crippen LogP contribution in [0, 0.1) is 6.92 Å². The topological polar surface area (TPSA) is 59.1 Å². The molecule has 0 atom stereocenters. The highest BCUT2D eigenvalue weighted by Crippen LogP contribution is 2.36. The van der Waals surface area contributed by atoms with Gasteiger partial charge in [-0.1, -0.05) is 30.3 Å². The van der Waals surface area contributed by atoms with Crippen LogP contribution in [-0.4, -0.2) is 16.7 Å². The summed E-state index contributed by atoms with van der Waals surface area (Å²) in [5.41, 5.74) is 2.02. The van der Waals surface area contributed by atoms with Crippen molar-refractivity contribution in [3.8, 4) is 0 Å². The number of thiophene rings is 1. The van der Waals surface area contributed by atoms with E-state index in [9.17, 15) is 9.59 Å². The van der Waals surface area contributed by atoms with Crippen LogP contribution < -0.4 is 5.32 Å². The minimum Gasteiger partial charge on any atom is -0.324 e. The van der Waals surface area contributed by atoms with Gasteiger partial charge in [-0.15, -0.1) is 11.3 Å². The Kier molecular flexibility index (Phi) is 3.73. The lowest BCUT2D eigenvalue weighted by Gasteiger charge is -2.04. The number of fused-ring (bicyclic) bond motifs is 1. The van der Waals surface area contributed by atoms with Crippen LogP contribution in [0.25, 0.3) is 10.2 Å². The number of carbonyl (C=O) groups is 2. The molecule has 4 nitrogen and oxygen atoms in total. The number of pyridine rings is 1. The third-order valence-corrected chi connectivity index (χ3v) is 4.34. The molecule has 0 radical (unpaired) electrons. The van der Waals surface area contributed by atoms with Gasteiger partial charge in [0, 0.05) is 23.6 Å². The second-order valence-electron chi connectivity index (χ2n) is 4.99. The fourth-order valence-corrected chi connectivity index (χ4v) is 3.39. The predicted molar refractivity (Wildman–Crippen MR) is 88.5 cm³/mol. The number of aryl methyl sites for hydroxylation is 1. The fraction of sp³-hybridized carbons (Fsp3) is 0.118. The highest BCUT2D eigenvalue weighted by molar-refractivity contribution is 7.21. The summed E-state index contributed by atoms with van der Waals surface area (Å²) >= 11 is 1.31. The molecule has 0 bridgehead atoms. The standard InChI is InChI=1S/C17H14N2O2S/c1-10-8-9-13-14(19-11(2)20)16(22-17(13)18-10)15(21)12-6-4-3-5-7-12/h3-9H,1-2H3,(H,19,20). The molecule has 1 N–H and O–H groups in total. The van der Waals surface area contributed by atoms with Crippen molar-refractivity contribution in [3.05, 3.63) is 58.6 Å². The molecule has 0 unspecified atom stereocenters. The van der Waals surface area contributed by atoms with Crippen LogP contribution in [0.2, 0.25) is 0 Å². The zero-order chi connectivity index (χ0) is 15.7. The Bertz CT molecular complexity index is 869. The fourth-order valence-electron chi connectivity index (χ4n) is 2.25. The summed E-state index contributed by atoms with van der Waals surface area (Å²) in [6.07, 6.45) is 0. The van der Waals surface area contributed by atoms with Gasteiger partial charge in [-0.05, 0) is 19.1 Å². The van der Waals surface area contributed by atoms with Crippen molar-refractivity contribution in [1.29, 1.82) is 0 Å². The first kappa shape index (κ1) is 14.4. The molecular formula is C17H14N2O2S. The Morgan fingerprint density at radius 3 is 2.50 bits per heavy atom. The monoisotopic (exact) mass is 310 g/mol. The summed E-state index contributed by atoms with van der Waals surface area (Å²) in [5, 5.41) is 3.57. The lowest BCUT2D eigenvalue weighted by molar-refractivity contribution is -0.114. The third-order valence-electron chi connectivity index (χ3n) is 3.24. The molecule has 1 amide bonds. The van der Waals surface area contributed by atoms with E-state index in [2.05, 4.69) is 10.3 Å². The first-order valence-corrected chi connectivity index (χ1v) is 7.65. The Hall–Kier alpha value is -2.53. The summed E-state index contributed by atoms with van der Waals surface area (Å²) in [7, 11) is 0. The van der Waals surface area contributed by atoms with E-state index in [0.29, 0.717) is 16.1 Å². The van der Waals surface area contributed by atoms with Crippen LogP contribution in [0.3, 0.4) is 0 Å². The van der Waals surface area contributed by atoms with E-state index in [0.717, 1.165) is 15.9 Å². The number of anilines is 1. The number of benzene rings is 1. The van der Waals surface area contributed by atoms with Crippen LogP contribution in [0.4, 0.5) is 5.69 Å². The summed E-state index contributed by atoms with van der Waals surface area (Å²) in [6.45, 7) is 3.33. The number of amides is 1. The quantitative estimate of drug-likeness (QED) is 0.749. The van der Waals surface area contributed by atoms with Crippen molar-refractivity contribution in [2.24, 2.45) is 0 Å². The number of nitrogens with one attached hydrogen (secondary N) is 1. The van der Waals surface area contributed by atoms with Crippen LogP contribution in [0.5, 0.6) is 0 Å². The average molecular weight is 310 g/mol. The first-order chi connectivity index (χ1) is 10.6. The molecule has 0 aliphatic heterocycles. The molecule has 2 heterocycles. The number of ketones is 1. The molecule has 1 aromatic carbocycles. The molecule has 0 saturated carbocycles. The van der Waals surface area contributed by atoms with Crippen molar-refractivity contribution in [2.45, 2.75) is 13.8 Å². The third kappa shape index (κ3) is 2.63. The van der Waals surface area contributed by atoms with E-state index in [1.807, 2.05) is 37.3 Å². The average Bonchev–Trinajstić information content (AvgIpc) is 2.84. The van der Waals surface area contributed by atoms with Gasteiger partial charge >= 0.3 is 0 Å². The lowest BCUT2D eigenvalue weighted by atomic mass is 10.1. The molecule has 2 aromatic heterocycles. The van der Waals surface area contributed by atoms with E-state index in [1.54, 1.807) is 12.1 Å². The zero-order valence-corrected chi connectivity index (χ0v) is 13.0. The highest BCUT2D eigenvalue weighted by Gasteiger charge is 2.21.